The van der Waals surface area contributed by atoms with Crippen molar-refractivity contribution in [3.8, 4) is 17.2 Å². The smallest absolute Gasteiger partial charge is 0.255 e. The molecule has 2 aromatic rings. The summed E-state index contributed by atoms with van der Waals surface area (Å²) in [6.07, 6.45) is 0.733. The molecule has 41 heavy (non-hydrogen) atoms. The zero-order valence-corrected chi connectivity index (χ0v) is 23.7. The number of hydrogen-bond donors (Lipinski definition) is 6. The monoisotopic (exact) mass is 565 g/mol. The van der Waals surface area contributed by atoms with Crippen molar-refractivity contribution in [1.29, 1.82) is 0 Å². The minimum absolute atomic E-state index is 0.0309. The first-order valence-electron chi connectivity index (χ1n) is 13.8. The first-order chi connectivity index (χ1) is 19.0. The van der Waals surface area contributed by atoms with Crippen molar-refractivity contribution in [3.05, 3.63) is 39.7 Å². The number of fused-ring (bicyclic) bond motifs is 4. The van der Waals surface area contributed by atoms with Gasteiger partial charge in [0.2, 0.25) is 5.78 Å². The summed E-state index contributed by atoms with van der Waals surface area (Å²) in [4.78, 5) is 38.9. The SMILES string of the molecule is COc1cc(O)c2c(O)c3c(c4c2c1C1(C4)C(C)(C)CCCC1(C)C)[C@H](O)[C@H]1CC(=O)C(C(N)=O)=C(O)[C@@]1(O)C3=O. The fraction of sp³-hybridized carbons (Fsp3) is 0.516. The van der Waals surface area contributed by atoms with Crippen molar-refractivity contribution in [3.63, 3.8) is 0 Å². The molecule has 10 heteroatoms. The molecule has 0 aromatic heterocycles. The van der Waals surface area contributed by atoms with Crippen LogP contribution in [0.25, 0.3) is 10.8 Å². The van der Waals surface area contributed by atoms with E-state index in [1.807, 2.05) is 0 Å². The number of carbonyl (C=O) groups is 3. The molecule has 0 unspecified atom stereocenters. The van der Waals surface area contributed by atoms with E-state index in [1.165, 1.54) is 13.2 Å². The molecule has 1 fully saturated rings. The third kappa shape index (κ3) is 2.92. The number of aliphatic hydroxyl groups excluding tert-OH is 2. The van der Waals surface area contributed by atoms with Crippen LogP contribution in [0.4, 0.5) is 0 Å². The van der Waals surface area contributed by atoms with Gasteiger partial charge in [-0.1, -0.05) is 34.1 Å². The standard InChI is InChI=1S/C31H35NO9/c1-28(2)7-6-8-29(3,4)30(28)11-12-17-19(15(34)10-16(41-5)22(17)30)24(36)21-18(12)23(35)13-9-14(33)20(27(32)39)25(37)31(13,40)26(21)38/h10,13,23,34-37,40H,6-9,11H2,1-5H3,(H2,32,39)/t13-,23-,31-/m1/s1. The molecule has 0 aliphatic heterocycles. The minimum atomic E-state index is -2.90. The van der Waals surface area contributed by atoms with E-state index >= 15 is 0 Å². The van der Waals surface area contributed by atoms with Gasteiger partial charge >= 0.3 is 0 Å². The Hall–Kier alpha value is -3.63. The molecule has 218 valence electrons. The number of hydrogen-bond acceptors (Lipinski definition) is 9. The fourth-order valence-electron chi connectivity index (χ4n) is 9.08. The maximum Gasteiger partial charge on any atom is 0.255 e. The van der Waals surface area contributed by atoms with Crippen molar-refractivity contribution in [1.82, 2.24) is 0 Å². The van der Waals surface area contributed by atoms with E-state index in [0.29, 0.717) is 23.1 Å². The Bertz CT molecular complexity index is 1630. The van der Waals surface area contributed by atoms with E-state index in [1.54, 1.807) is 0 Å². The van der Waals surface area contributed by atoms with Crippen LogP contribution in [-0.2, 0) is 21.4 Å². The number of aromatic hydroxyl groups is 2. The van der Waals surface area contributed by atoms with Gasteiger partial charge in [-0.15, -0.1) is 0 Å². The second-order valence-corrected chi connectivity index (χ2v) is 13.4. The number of rotatable bonds is 2. The highest BCUT2D eigenvalue weighted by molar-refractivity contribution is 6.23. The molecular weight excluding hydrogens is 530 g/mol. The van der Waals surface area contributed by atoms with E-state index in [0.717, 1.165) is 24.8 Å². The summed E-state index contributed by atoms with van der Waals surface area (Å²) >= 11 is 0. The highest BCUT2D eigenvalue weighted by Crippen LogP contribution is 2.70. The Balaban J connectivity index is 1.77. The minimum Gasteiger partial charge on any atom is -0.508 e. The predicted molar refractivity (Wildman–Crippen MR) is 147 cm³/mol. The number of nitrogens with two attached hydrogens (primary N) is 1. The number of carbonyl (C=O) groups excluding carboxylic acids is 3. The van der Waals surface area contributed by atoms with Gasteiger partial charge in [-0.25, -0.2) is 0 Å². The maximum atomic E-state index is 14.1. The van der Waals surface area contributed by atoms with Gasteiger partial charge < -0.3 is 36.0 Å². The van der Waals surface area contributed by atoms with E-state index in [9.17, 15) is 39.9 Å². The Labute approximate surface area is 236 Å². The molecule has 0 bridgehead atoms. The van der Waals surface area contributed by atoms with Gasteiger partial charge in [0.25, 0.3) is 5.91 Å². The number of methoxy groups -OCH3 is 1. The van der Waals surface area contributed by atoms with Crippen molar-refractivity contribution in [2.75, 3.05) is 7.11 Å². The number of ether oxygens (including phenoxy) is 1. The molecule has 2 aromatic carbocycles. The first kappa shape index (κ1) is 27.5. The van der Waals surface area contributed by atoms with Gasteiger partial charge in [0.15, 0.2) is 11.4 Å². The summed E-state index contributed by atoms with van der Waals surface area (Å²) in [5, 5.41) is 57.7. The molecule has 0 saturated heterocycles. The zero-order valence-electron chi connectivity index (χ0n) is 23.7. The number of ketones is 2. The number of benzene rings is 2. The molecule has 4 aliphatic rings. The normalized spacial score (nSPS) is 29.0. The highest BCUT2D eigenvalue weighted by atomic mass is 16.5. The van der Waals surface area contributed by atoms with Crippen LogP contribution in [0.2, 0.25) is 0 Å². The number of primary amides is 1. The molecule has 0 radical (unpaired) electrons. The molecule has 4 aliphatic carbocycles. The zero-order chi connectivity index (χ0) is 30.2. The lowest BCUT2D eigenvalue weighted by Gasteiger charge is -2.59. The van der Waals surface area contributed by atoms with Crippen molar-refractivity contribution >= 4 is 28.2 Å². The number of amides is 1. The van der Waals surface area contributed by atoms with Crippen LogP contribution in [0.5, 0.6) is 17.2 Å². The second-order valence-electron chi connectivity index (χ2n) is 13.4. The van der Waals surface area contributed by atoms with Crippen LogP contribution in [0.3, 0.4) is 0 Å². The van der Waals surface area contributed by atoms with E-state index < -0.39 is 69.6 Å². The lowest BCUT2D eigenvalue weighted by Crippen LogP contribution is -2.58. The van der Waals surface area contributed by atoms with Crippen molar-refractivity contribution in [2.45, 2.75) is 76.9 Å². The first-order valence-corrected chi connectivity index (χ1v) is 13.8. The van der Waals surface area contributed by atoms with E-state index in [2.05, 4.69) is 27.7 Å². The van der Waals surface area contributed by atoms with Crippen LogP contribution in [0, 0.1) is 16.7 Å². The topological polar surface area (TPSA) is 188 Å². The molecule has 3 atom stereocenters. The molecule has 7 N–H and O–H groups in total. The number of phenolic OH excluding ortho intramolecular Hbond substituents is 2. The van der Waals surface area contributed by atoms with E-state index in [4.69, 9.17) is 10.5 Å². The molecule has 10 nitrogen and oxygen atoms in total. The van der Waals surface area contributed by atoms with Crippen LogP contribution in [-0.4, -0.2) is 55.7 Å². The quantitative estimate of drug-likeness (QED) is 0.297. The Morgan fingerprint density at radius 1 is 1.05 bits per heavy atom. The Morgan fingerprint density at radius 3 is 2.22 bits per heavy atom. The summed E-state index contributed by atoms with van der Waals surface area (Å²) in [5.41, 5.74) is 1.06. The lowest BCUT2D eigenvalue weighted by molar-refractivity contribution is -0.129. The third-order valence-electron chi connectivity index (χ3n) is 11.0. The van der Waals surface area contributed by atoms with E-state index in [-0.39, 0.29) is 27.5 Å². The van der Waals surface area contributed by atoms with Gasteiger partial charge in [0.05, 0.1) is 24.2 Å². The number of Topliss-reactive ketones (excluding diaryl/α,β-unsaturated/α-hetero) is 2. The molecule has 6 rings (SSSR count). The number of aliphatic hydroxyl groups is 3. The van der Waals surface area contributed by atoms with Crippen molar-refractivity contribution < 1.29 is 44.7 Å². The molecular formula is C31H35NO9. The van der Waals surface area contributed by atoms with Gasteiger partial charge in [-0.3, -0.25) is 14.4 Å². The highest BCUT2D eigenvalue weighted by Gasteiger charge is 2.65. The third-order valence-corrected chi connectivity index (χ3v) is 11.0. The van der Waals surface area contributed by atoms with Crippen molar-refractivity contribution in [2.24, 2.45) is 22.5 Å². The summed E-state index contributed by atoms with van der Waals surface area (Å²) < 4.78 is 5.83. The summed E-state index contributed by atoms with van der Waals surface area (Å²) in [5.74, 6) is -6.84. The molecule has 1 saturated carbocycles. The average molecular weight is 566 g/mol. The van der Waals surface area contributed by atoms with Gasteiger partial charge in [-0.2, -0.15) is 0 Å². The van der Waals surface area contributed by atoms with Gasteiger partial charge in [0, 0.05) is 34.8 Å². The van der Waals surface area contributed by atoms with Crippen LogP contribution >= 0.6 is 0 Å². The summed E-state index contributed by atoms with van der Waals surface area (Å²) in [6.45, 7) is 8.66. The second kappa shape index (κ2) is 8.01. The van der Waals surface area contributed by atoms with Crippen LogP contribution in [0.15, 0.2) is 17.4 Å². The Morgan fingerprint density at radius 2 is 1.66 bits per heavy atom. The van der Waals surface area contributed by atoms with Crippen LogP contribution < -0.4 is 10.5 Å². The molecule has 1 amide bonds. The fourth-order valence-corrected chi connectivity index (χ4v) is 9.08. The lowest BCUT2D eigenvalue weighted by atomic mass is 9.44. The maximum absolute atomic E-state index is 14.1. The average Bonchev–Trinajstić information content (AvgIpc) is 3.24. The summed E-state index contributed by atoms with van der Waals surface area (Å²) in [7, 11) is 1.50. The Kier molecular flexibility index (Phi) is 5.38. The molecule has 0 heterocycles. The van der Waals surface area contributed by atoms with Gasteiger partial charge in [0.1, 0.15) is 28.6 Å². The van der Waals surface area contributed by atoms with Crippen LogP contribution in [0.1, 0.15) is 86.5 Å². The predicted octanol–water partition coefficient (Wildman–Crippen LogP) is 3.14. The summed E-state index contributed by atoms with van der Waals surface area (Å²) in [6, 6.07) is 1.41. The largest absolute Gasteiger partial charge is 0.508 e. The number of phenols is 2. The van der Waals surface area contributed by atoms with Gasteiger partial charge in [-0.05, 0) is 41.2 Å². The molecule has 1 spiro atoms.